The number of ether oxygens (including phenoxy) is 1. The molecule has 21 heavy (non-hydrogen) atoms. The van der Waals surface area contributed by atoms with Crippen molar-refractivity contribution in [3.05, 3.63) is 0 Å². The van der Waals surface area contributed by atoms with Crippen molar-refractivity contribution in [2.75, 3.05) is 19.6 Å². The number of carbonyl (C=O) groups excluding carboxylic acids is 1. The molecule has 0 aliphatic heterocycles. The third-order valence-corrected chi connectivity index (χ3v) is 3.31. The maximum Gasteiger partial charge on any atom is 0.432 e. The molecule has 126 valence electrons. The maximum atomic E-state index is 13.0. The number of carbonyl (C=O) groups is 1. The Kier molecular flexibility index (Phi) is 6.50. The lowest BCUT2D eigenvalue weighted by Crippen LogP contribution is -2.53. The van der Waals surface area contributed by atoms with Gasteiger partial charge < -0.3 is 9.29 Å². The van der Waals surface area contributed by atoms with E-state index in [1.54, 1.807) is 13.8 Å². The van der Waals surface area contributed by atoms with Crippen LogP contribution in [0, 0.1) is 0 Å². The van der Waals surface area contributed by atoms with Crippen LogP contribution in [-0.2, 0) is 19.6 Å². The first-order chi connectivity index (χ1) is 9.27. The van der Waals surface area contributed by atoms with E-state index in [-0.39, 0.29) is 13.1 Å². The first-order valence-corrected chi connectivity index (χ1v) is 7.00. The summed E-state index contributed by atoms with van der Waals surface area (Å²) in [6.07, 6.45) is -10.3. The smallest absolute Gasteiger partial charge is 0.432 e. The molecule has 0 heterocycles. The molecule has 0 radical (unpaired) electrons. The summed E-state index contributed by atoms with van der Waals surface area (Å²) < 4.78 is 97.6. The first-order valence-electron chi connectivity index (χ1n) is 5.59. The van der Waals surface area contributed by atoms with E-state index in [9.17, 15) is 39.7 Å². The minimum absolute atomic E-state index is 0.221. The summed E-state index contributed by atoms with van der Waals surface area (Å²) in [5.41, 5.74) is 0. The molecule has 0 saturated heterocycles. The molecule has 0 N–H and O–H groups in total. The lowest BCUT2D eigenvalue weighted by atomic mass is 10.3. The van der Waals surface area contributed by atoms with Crippen LogP contribution in [-0.4, -0.2) is 61.0 Å². The number of likely N-dealkylation sites (N-methyl/N-ethyl adjacent to an activating group) is 1. The number of rotatable bonds is 7. The molecule has 0 aliphatic carbocycles. The van der Waals surface area contributed by atoms with Gasteiger partial charge in [-0.2, -0.15) is 22.0 Å². The quantitative estimate of drug-likeness (QED) is 0.389. The van der Waals surface area contributed by atoms with Crippen molar-refractivity contribution >= 4 is 16.1 Å². The van der Waals surface area contributed by atoms with Gasteiger partial charge in [0.2, 0.25) is 0 Å². The van der Waals surface area contributed by atoms with Crippen molar-refractivity contribution in [2.45, 2.75) is 31.4 Å². The monoisotopic (exact) mass is 342 g/mol. The zero-order valence-electron chi connectivity index (χ0n) is 11.0. The van der Waals surface area contributed by atoms with Crippen LogP contribution >= 0.6 is 0 Å². The van der Waals surface area contributed by atoms with Gasteiger partial charge in [-0.3, -0.25) is 9.69 Å². The third kappa shape index (κ3) is 5.36. The highest BCUT2D eigenvalue weighted by Crippen LogP contribution is 2.37. The van der Waals surface area contributed by atoms with Crippen LogP contribution < -0.4 is 0 Å². The van der Waals surface area contributed by atoms with Crippen LogP contribution in [0.15, 0.2) is 0 Å². The van der Waals surface area contributed by atoms with Gasteiger partial charge >= 0.3 is 17.4 Å². The number of hydrogen-bond donors (Lipinski definition) is 0. The summed E-state index contributed by atoms with van der Waals surface area (Å²) >= 11 is 0. The highest BCUT2D eigenvalue weighted by molar-refractivity contribution is 7.86. The number of nitrogens with zero attached hydrogens (tertiary/aromatic N) is 1. The number of alkyl halides is 5. The second-order valence-electron chi connectivity index (χ2n) is 3.89. The molecule has 0 aliphatic rings. The van der Waals surface area contributed by atoms with E-state index in [2.05, 4.69) is 4.74 Å². The average Bonchev–Trinajstić information content (AvgIpc) is 2.29. The Morgan fingerprint density at radius 1 is 1.19 bits per heavy atom. The van der Waals surface area contributed by atoms with Gasteiger partial charge in [0.1, 0.15) is 0 Å². The SMILES string of the molecule is CCN(CC)CC(=O)OC(C(F)(F)F)C(F)(F)S(=O)(=O)[O-]. The molecule has 0 fully saturated rings. The predicted molar refractivity (Wildman–Crippen MR) is 58.4 cm³/mol. The van der Waals surface area contributed by atoms with Gasteiger partial charge in [0, 0.05) is 0 Å². The highest BCUT2D eigenvalue weighted by Gasteiger charge is 2.62. The summed E-state index contributed by atoms with van der Waals surface area (Å²) in [6.45, 7) is 2.79. The van der Waals surface area contributed by atoms with Gasteiger partial charge in [0.15, 0.2) is 10.1 Å². The van der Waals surface area contributed by atoms with Gasteiger partial charge in [0.05, 0.1) is 6.54 Å². The Hall–Kier alpha value is -1.01. The summed E-state index contributed by atoms with van der Waals surface area (Å²) in [4.78, 5) is 12.5. The van der Waals surface area contributed by atoms with Gasteiger partial charge in [-0.15, -0.1) is 0 Å². The van der Waals surface area contributed by atoms with E-state index in [0.29, 0.717) is 0 Å². The van der Waals surface area contributed by atoms with Gasteiger partial charge in [-0.1, -0.05) is 13.8 Å². The Balaban J connectivity index is 5.28. The van der Waals surface area contributed by atoms with Crippen molar-refractivity contribution in [3.8, 4) is 0 Å². The lowest BCUT2D eigenvalue weighted by Gasteiger charge is -2.30. The predicted octanol–water partition coefficient (Wildman–Crippen LogP) is 0.940. The van der Waals surface area contributed by atoms with E-state index in [1.807, 2.05) is 0 Å². The topological polar surface area (TPSA) is 86.7 Å². The van der Waals surface area contributed by atoms with Crippen molar-refractivity contribution in [2.24, 2.45) is 0 Å². The standard InChI is InChI=1S/C9H14F5NO5S/c1-3-15(4-2)5-6(16)20-7(8(10,11)12)9(13,14)21(17,18)19/h7H,3-5H2,1-2H3,(H,17,18,19)/p-1. The van der Waals surface area contributed by atoms with Gasteiger partial charge in [-0.25, -0.2) is 8.42 Å². The van der Waals surface area contributed by atoms with Gasteiger partial charge in [-0.05, 0) is 13.1 Å². The fraction of sp³-hybridized carbons (Fsp3) is 0.889. The summed E-state index contributed by atoms with van der Waals surface area (Å²) in [7, 11) is -6.66. The Morgan fingerprint density at radius 3 is 1.90 bits per heavy atom. The maximum absolute atomic E-state index is 13.0. The molecule has 0 aromatic rings. The minimum atomic E-state index is -6.66. The molecule has 0 spiro atoms. The van der Waals surface area contributed by atoms with Crippen molar-refractivity contribution < 1.29 is 44.5 Å². The van der Waals surface area contributed by atoms with Crippen LogP contribution in [0.3, 0.4) is 0 Å². The molecule has 0 rings (SSSR count). The van der Waals surface area contributed by atoms with E-state index in [4.69, 9.17) is 0 Å². The highest BCUT2D eigenvalue weighted by atomic mass is 32.2. The summed E-state index contributed by atoms with van der Waals surface area (Å²) in [5.74, 6) is -1.72. The third-order valence-electron chi connectivity index (χ3n) is 2.43. The summed E-state index contributed by atoms with van der Waals surface area (Å²) in [5, 5.41) is -5.82. The molecular formula is C9H13F5NO5S-. The molecule has 1 atom stereocenters. The largest absolute Gasteiger partial charge is 0.743 e. The second kappa shape index (κ2) is 6.83. The molecule has 0 bridgehead atoms. The van der Waals surface area contributed by atoms with E-state index < -0.39 is 40.2 Å². The molecule has 0 saturated carbocycles. The van der Waals surface area contributed by atoms with E-state index in [0.717, 1.165) is 0 Å². The Labute approximate surface area is 117 Å². The van der Waals surface area contributed by atoms with Crippen LogP contribution in [0.5, 0.6) is 0 Å². The second-order valence-corrected chi connectivity index (χ2v) is 5.34. The normalized spacial score (nSPS) is 15.1. The van der Waals surface area contributed by atoms with Gasteiger partial charge in [0.25, 0.3) is 6.10 Å². The van der Waals surface area contributed by atoms with Crippen molar-refractivity contribution in [1.82, 2.24) is 4.90 Å². The Bertz CT molecular complexity index is 460. The molecule has 6 nitrogen and oxygen atoms in total. The van der Waals surface area contributed by atoms with E-state index in [1.165, 1.54) is 4.90 Å². The van der Waals surface area contributed by atoms with Crippen molar-refractivity contribution in [1.29, 1.82) is 0 Å². The Morgan fingerprint density at radius 2 is 1.62 bits per heavy atom. The van der Waals surface area contributed by atoms with Crippen LogP contribution in [0.2, 0.25) is 0 Å². The molecular weight excluding hydrogens is 329 g/mol. The fourth-order valence-electron chi connectivity index (χ4n) is 1.26. The fourth-order valence-corrected chi connectivity index (χ4v) is 1.70. The molecule has 0 amide bonds. The zero-order valence-corrected chi connectivity index (χ0v) is 11.8. The first kappa shape index (κ1) is 20.0. The summed E-state index contributed by atoms with van der Waals surface area (Å²) in [6, 6.07) is 0. The lowest BCUT2D eigenvalue weighted by molar-refractivity contribution is -0.259. The number of esters is 1. The van der Waals surface area contributed by atoms with Crippen LogP contribution in [0.1, 0.15) is 13.8 Å². The van der Waals surface area contributed by atoms with Crippen LogP contribution in [0.25, 0.3) is 0 Å². The molecule has 0 aromatic carbocycles. The number of hydrogen-bond acceptors (Lipinski definition) is 6. The van der Waals surface area contributed by atoms with E-state index >= 15 is 0 Å². The van der Waals surface area contributed by atoms with Crippen molar-refractivity contribution in [3.63, 3.8) is 0 Å². The molecule has 0 aromatic heterocycles. The minimum Gasteiger partial charge on any atom is -0.743 e. The van der Waals surface area contributed by atoms with Crippen LogP contribution in [0.4, 0.5) is 22.0 Å². The molecule has 1 unspecified atom stereocenters. The average molecular weight is 342 g/mol. The number of halogens is 5. The zero-order chi connectivity index (χ0) is 17.1. The molecule has 12 heteroatoms.